The average Bonchev–Trinajstić information content (AvgIpc) is 3.11. The van der Waals surface area contributed by atoms with Gasteiger partial charge in [0.15, 0.2) is 0 Å². The van der Waals surface area contributed by atoms with Crippen molar-refractivity contribution >= 4 is 5.91 Å². The summed E-state index contributed by atoms with van der Waals surface area (Å²) in [6.07, 6.45) is 11.0. The molecule has 0 aromatic heterocycles. The number of likely N-dealkylation sites (tertiary alicyclic amines) is 1. The van der Waals surface area contributed by atoms with E-state index < -0.39 is 0 Å². The summed E-state index contributed by atoms with van der Waals surface area (Å²) < 4.78 is 0. The second-order valence-electron chi connectivity index (χ2n) is 8.21. The number of carbonyl (C=O) groups is 1. The Morgan fingerprint density at radius 3 is 2.64 bits per heavy atom. The molecule has 3 aliphatic rings. The molecule has 0 radical (unpaired) electrons. The quantitative estimate of drug-likeness (QED) is 0.838. The molecule has 3 rings (SSSR count). The largest absolute Gasteiger partial charge is 0.352 e. The number of carbonyl (C=O) groups excluding carboxylic acids is 1. The monoisotopic (exact) mass is 307 g/mol. The van der Waals surface area contributed by atoms with Gasteiger partial charge in [-0.05, 0) is 44.9 Å². The highest BCUT2D eigenvalue weighted by molar-refractivity contribution is 5.80. The first-order chi connectivity index (χ1) is 10.5. The smallest absolute Gasteiger partial charge is 0.225 e. The maximum Gasteiger partial charge on any atom is 0.225 e. The number of nitrogens with zero attached hydrogens (tertiary/aromatic N) is 1. The first kappa shape index (κ1) is 16.3. The second kappa shape index (κ2) is 6.88. The Kier molecular flexibility index (Phi) is 5.08. The minimum atomic E-state index is -0.315. The van der Waals surface area contributed by atoms with Gasteiger partial charge >= 0.3 is 0 Å². The van der Waals surface area contributed by atoms with E-state index in [2.05, 4.69) is 17.1 Å². The van der Waals surface area contributed by atoms with Crippen LogP contribution < -0.4 is 11.1 Å². The van der Waals surface area contributed by atoms with Crippen LogP contribution in [-0.4, -0.2) is 42.0 Å². The molecular formula is C18H33N3O. The number of hydrogen-bond acceptors (Lipinski definition) is 3. The van der Waals surface area contributed by atoms with Crippen molar-refractivity contribution < 1.29 is 4.79 Å². The van der Waals surface area contributed by atoms with Crippen LogP contribution in [0.25, 0.3) is 0 Å². The zero-order valence-corrected chi connectivity index (χ0v) is 14.2. The molecule has 1 aliphatic heterocycles. The Morgan fingerprint density at radius 1 is 1.18 bits per heavy atom. The summed E-state index contributed by atoms with van der Waals surface area (Å²) in [4.78, 5) is 15.2. The topological polar surface area (TPSA) is 58.4 Å². The van der Waals surface area contributed by atoms with Crippen LogP contribution in [0.4, 0.5) is 0 Å². The molecule has 0 spiro atoms. The van der Waals surface area contributed by atoms with Gasteiger partial charge in [-0.25, -0.2) is 0 Å². The van der Waals surface area contributed by atoms with E-state index in [4.69, 9.17) is 5.73 Å². The Balaban J connectivity index is 1.46. The third-order valence-corrected chi connectivity index (χ3v) is 6.18. The lowest BCUT2D eigenvalue weighted by Crippen LogP contribution is -2.54. The van der Waals surface area contributed by atoms with Crippen LogP contribution in [0.5, 0.6) is 0 Å². The molecule has 0 aromatic carbocycles. The third-order valence-electron chi connectivity index (χ3n) is 6.18. The lowest BCUT2D eigenvalue weighted by molar-refractivity contribution is -0.128. The molecule has 3 fully saturated rings. The lowest BCUT2D eigenvalue weighted by Gasteiger charge is -2.37. The van der Waals surface area contributed by atoms with Crippen LogP contribution in [0.15, 0.2) is 0 Å². The molecule has 3 N–H and O–H groups in total. The molecule has 1 heterocycles. The summed E-state index contributed by atoms with van der Waals surface area (Å²) in [5, 5.41) is 3.30. The molecule has 3 unspecified atom stereocenters. The van der Waals surface area contributed by atoms with Gasteiger partial charge in [-0.3, -0.25) is 4.79 Å². The maximum atomic E-state index is 12.6. The number of rotatable bonds is 4. The molecule has 4 nitrogen and oxygen atoms in total. The standard InChI is InChI=1S/C18H33N3O/c1-18(19)10-5-4-8-16(18)17(22)20-15-9-11-21(13-15)12-14-6-2-3-7-14/h14-16H,2-13,19H2,1H3,(H,20,22). The Morgan fingerprint density at radius 2 is 1.91 bits per heavy atom. The molecule has 2 saturated carbocycles. The van der Waals surface area contributed by atoms with Gasteiger partial charge in [-0.15, -0.1) is 0 Å². The molecule has 1 amide bonds. The van der Waals surface area contributed by atoms with Crippen LogP contribution in [0, 0.1) is 11.8 Å². The zero-order valence-electron chi connectivity index (χ0n) is 14.2. The molecule has 4 heteroatoms. The molecule has 3 atom stereocenters. The van der Waals surface area contributed by atoms with Crippen molar-refractivity contribution in [2.75, 3.05) is 19.6 Å². The summed E-state index contributed by atoms with van der Waals surface area (Å²) >= 11 is 0. The van der Waals surface area contributed by atoms with Crippen LogP contribution in [0.3, 0.4) is 0 Å². The molecule has 126 valence electrons. The second-order valence-corrected chi connectivity index (χ2v) is 8.21. The van der Waals surface area contributed by atoms with Gasteiger partial charge in [0, 0.05) is 31.2 Å². The van der Waals surface area contributed by atoms with Crippen LogP contribution in [0.1, 0.15) is 64.7 Å². The molecule has 22 heavy (non-hydrogen) atoms. The van der Waals surface area contributed by atoms with Gasteiger partial charge in [-0.2, -0.15) is 0 Å². The molecule has 0 aromatic rings. The zero-order chi connectivity index (χ0) is 15.6. The van der Waals surface area contributed by atoms with Crippen molar-refractivity contribution in [3.05, 3.63) is 0 Å². The van der Waals surface area contributed by atoms with Crippen molar-refractivity contribution in [2.24, 2.45) is 17.6 Å². The fraction of sp³-hybridized carbons (Fsp3) is 0.944. The average molecular weight is 307 g/mol. The van der Waals surface area contributed by atoms with Crippen molar-refractivity contribution in [2.45, 2.75) is 76.3 Å². The van der Waals surface area contributed by atoms with Crippen LogP contribution in [-0.2, 0) is 4.79 Å². The fourth-order valence-electron chi connectivity index (χ4n) is 4.77. The van der Waals surface area contributed by atoms with Crippen LogP contribution in [0.2, 0.25) is 0 Å². The van der Waals surface area contributed by atoms with E-state index in [9.17, 15) is 4.79 Å². The minimum Gasteiger partial charge on any atom is -0.352 e. The van der Waals surface area contributed by atoms with E-state index in [1.165, 1.54) is 32.2 Å². The summed E-state index contributed by atoms with van der Waals surface area (Å²) in [6.45, 7) is 5.48. The number of nitrogens with two attached hydrogens (primary N) is 1. The Labute approximate surface area is 135 Å². The maximum absolute atomic E-state index is 12.6. The van der Waals surface area contributed by atoms with E-state index >= 15 is 0 Å². The SMILES string of the molecule is CC1(N)CCCCC1C(=O)NC1CCN(CC2CCCC2)C1. The fourth-order valence-corrected chi connectivity index (χ4v) is 4.77. The van der Waals surface area contributed by atoms with E-state index in [-0.39, 0.29) is 17.4 Å². The molecular weight excluding hydrogens is 274 g/mol. The van der Waals surface area contributed by atoms with Gasteiger partial charge in [0.05, 0.1) is 5.92 Å². The van der Waals surface area contributed by atoms with Gasteiger partial charge < -0.3 is 16.0 Å². The highest BCUT2D eigenvalue weighted by Gasteiger charge is 2.39. The van der Waals surface area contributed by atoms with E-state index in [1.807, 2.05) is 0 Å². The van der Waals surface area contributed by atoms with E-state index in [0.29, 0.717) is 6.04 Å². The Hall–Kier alpha value is -0.610. The predicted molar refractivity (Wildman–Crippen MR) is 89.5 cm³/mol. The van der Waals surface area contributed by atoms with Gasteiger partial charge in [0.25, 0.3) is 0 Å². The van der Waals surface area contributed by atoms with Crippen LogP contribution >= 0.6 is 0 Å². The molecule has 2 aliphatic carbocycles. The predicted octanol–water partition coefficient (Wildman–Crippen LogP) is 2.27. The van der Waals surface area contributed by atoms with E-state index in [0.717, 1.165) is 51.1 Å². The van der Waals surface area contributed by atoms with Crippen molar-refractivity contribution in [1.82, 2.24) is 10.2 Å². The highest BCUT2D eigenvalue weighted by Crippen LogP contribution is 2.32. The van der Waals surface area contributed by atoms with Crippen molar-refractivity contribution in [1.29, 1.82) is 0 Å². The third kappa shape index (κ3) is 3.83. The summed E-state index contributed by atoms with van der Waals surface area (Å²) in [5.74, 6) is 1.11. The lowest BCUT2D eigenvalue weighted by atomic mass is 9.74. The number of nitrogens with one attached hydrogen (secondary N) is 1. The molecule has 0 bridgehead atoms. The first-order valence-corrected chi connectivity index (χ1v) is 9.36. The van der Waals surface area contributed by atoms with Gasteiger partial charge in [-0.1, -0.05) is 25.7 Å². The first-order valence-electron chi connectivity index (χ1n) is 9.36. The van der Waals surface area contributed by atoms with Crippen molar-refractivity contribution in [3.63, 3.8) is 0 Å². The minimum absolute atomic E-state index is 0.00475. The number of hydrogen-bond donors (Lipinski definition) is 2. The van der Waals surface area contributed by atoms with Gasteiger partial charge in [0.1, 0.15) is 0 Å². The summed E-state index contributed by atoms with van der Waals surface area (Å²) in [7, 11) is 0. The molecule has 1 saturated heterocycles. The van der Waals surface area contributed by atoms with Gasteiger partial charge in [0.2, 0.25) is 5.91 Å². The Bertz CT molecular complexity index is 390. The number of amides is 1. The normalized spacial score (nSPS) is 37.5. The van der Waals surface area contributed by atoms with E-state index in [1.54, 1.807) is 0 Å². The van der Waals surface area contributed by atoms with Crippen molar-refractivity contribution in [3.8, 4) is 0 Å². The summed E-state index contributed by atoms with van der Waals surface area (Å²) in [5.41, 5.74) is 6.05. The summed E-state index contributed by atoms with van der Waals surface area (Å²) in [6, 6.07) is 0.339. The highest BCUT2D eigenvalue weighted by atomic mass is 16.2.